The van der Waals surface area contributed by atoms with E-state index in [0.717, 1.165) is 57.1 Å². The zero-order chi connectivity index (χ0) is 20.6. The van der Waals surface area contributed by atoms with Gasteiger partial charge in [0.25, 0.3) is 5.91 Å². The summed E-state index contributed by atoms with van der Waals surface area (Å²) in [6, 6.07) is 11.7. The normalized spacial score (nSPS) is 14.8. The van der Waals surface area contributed by atoms with Crippen LogP contribution in [0.3, 0.4) is 0 Å². The second kappa shape index (κ2) is 10.2. The van der Waals surface area contributed by atoms with E-state index in [9.17, 15) is 4.79 Å². The zero-order valence-electron chi connectivity index (χ0n) is 17.7. The summed E-state index contributed by atoms with van der Waals surface area (Å²) in [7, 11) is 6.28. The number of piperazine rings is 1. The van der Waals surface area contributed by atoms with Crippen LogP contribution in [0.4, 0.5) is 17.1 Å². The van der Waals surface area contributed by atoms with Gasteiger partial charge in [0, 0.05) is 56.0 Å². The first-order valence-corrected chi connectivity index (χ1v) is 10.2. The molecule has 1 amide bonds. The SMILES string of the molecule is CN(C)CCCNc1ccnc(C(=O)Nc2ccc(N3CCN(C)CC3)cc2)c1. The topological polar surface area (TPSA) is 63.7 Å². The lowest BCUT2D eigenvalue weighted by Crippen LogP contribution is -2.44. The molecule has 1 aliphatic heterocycles. The quantitative estimate of drug-likeness (QED) is 0.669. The van der Waals surface area contributed by atoms with Crippen LogP contribution in [-0.4, -0.2) is 81.1 Å². The molecule has 0 spiro atoms. The van der Waals surface area contributed by atoms with Crippen molar-refractivity contribution in [2.45, 2.75) is 6.42 Å². The van der Waals surface area contributed by atoms with E-state index in [1.165, 1.54) is 5.69 Å². The average molecular weight is 397 g/mol. The van der Waals surface area contributed by atoms with Crippen molar-refractivity contribution < 1.29 is 4.79 Å². The van der Waals surface area contributed by atoms with Crippen LogP contribution in [0.2, 0.25) is 0 Å². The van der Waals surface area contributed by atoms with E-state index in [1.54, 1.807) is 12.3 Å². The van der Waals surface area contributed by atoms with Gasteiger partial charge in [-0.1, -0.05) is 0 Å². The fourth-order valence-corrected chi connectivity index (χ4v) is 3.31. The number of nitrogens with one attached hydrogen (secondary N) is 2. The van der Waals surface area contributed by atoms with Crippen LogP contribution in [0.25, 0.3) is 0 Å². The summed E-state index contributed by atoms with van der Waals surface area (Å²) < 4.78 is 0. The van der Waals surface area contributed by atoms with Crippen LogP contribution in [0.15, 0.2) is 42.6 Å². The van der Waals surface area contributed by atoms with Crippen molar-refractivity contribution in [1.82, 2.24) is 14.8 Å². The number of benzene rings is 1. The highest BCUT2D eigenvalue weighted by Crippen LogP contribution is 2.20. The molecule has 29 heavy (non-hydrogen) atoms. The van der Waals surface area contributed by atoms with Gasteiger partial charge in [0.2, 0.25) is 0 Å². The van der Waals surface area contributed by atoms with Crippen molar-refractivity contribution in [3.8, 4) is 0 Å². The van der Waals surface area contributed by atoms with Crippen molar-refractivity contribution in [2.24, 2.45) is 0 Å². The van der Waals surface area contributed by atoms with Gasteiger partial charge in [0.05, 0.1) is 0 Å². The lowest BCUT2D eigenvalue weighted by atomic mass is 10.2. The molecule has 0 unspecified atom stereocenters. The largest absolute Gasteiger partial charge is 0.385 e. The summed E-state index contributed by atoms with van der Waals surface area (Å²) in [4.78, 5) is 23.7. The molecule has 3 rings (SSSR count). The highest BCUT2D eigenvalue weighted by atomic mass is 16.1. The summed E-state index contributed by atoms with van der Waals surface area (Å²) in [5, 5.41) is 6.29. The molecule has 1 saturated heterocycles. The number of carbonyl (C=O) groups excluding carboxylic acids is 1. The maximum atomic E-state index is 12.6. The highest BCUT2D eigenvalue weighted by Gasteiger charge is 2.14. The minimum Gasteiger partial charge on any atom is -0.385 e. The van der Waals surface area contributed by atoms with E-state index in [1.807, 2.05) is 18.2 Å². The molecule has 2 heterocycles. The average Bonchev–Trinajstić information content (AvgIpc) is 2.72. The number of nitrogens with zero attached hydrogens (tertiary/aromatic N) is 4. The van der Waals surface area contributed by atoms with E-state index in [0.29, 0.717) is 5.69 Å². The monoisotopic (exact) mass is 396 g/mol. The molecule has 2 aromatic rings. The zero-order valence-corrected chi connectivity index (χ0v) is 17.7. The third-order valence-electron chi connectivity index (χ3n) is 5.10. The summed E-state index contributed by atoms with van der Waals surface area (Å²) in [5.74, 6) is -0.200. The lowest BCUT2D eigenvalue weighted by Gasteiger charge is -2.34. The second-order valence-electron chi connectivity index (χ2n) is 7.80. The van der Waals surface area contributed by atoms with Crippen molar-refractivity contribution in [3.63, 3.8) is 0 Å². The molecular formula is C22H32N6O. The predicted molar refractivity (Wildman–Crippen MR) is 120 cm³/mol. The fourth-order valence-electron chi connectivity index (χ4n) is 3.31. The van der Waals surface area contributed by atoms with Crippen LogP contribution in [0.5, 0.6) is 0 Å². The van der Waals surface area contributed by atoms with Crippen LogP contribution >= 0.6 is 0 Å². The van der Waals surface area contributed by atoms with Gasteiger partial charge < -0.3 is 25.3 Å². The van der Waals surface area contributed by atoms with Gasteiger partial charge in [-0.15, -0.1) is 0 Å². The highest BCUT2D eigenvalue weighted by molar-refractivity contribution is 6.03. The Labute approximate surface area is 173 Å². The summed E-state index contributed by atoms with van der Waals surface area (Å²) in [6.45, 7) is 6.08. The van der Waals surface area contributed by atoms with E-state index >= 15 is 0 Å². The summed E-state index contributed by atoms with van der Waals surface area (Å²) in [6.07, 6.45) is 2.70. The van der Waals surface area contributed by atoms with Gasteiger partial charge in [-0.3, -0.25) is 9.78 Å². The van der Waals surface area contributed by atoms with Crippen LogP contribution in [0.1, 0.15) is 16.9 Å². The summed E-state index contributed by atoms with van der Waals surface area (Å²) >= 11 is 0. The Morgan fingerprint density at radius 3 is 2.48 bits per heavy atom. The maximum absolute atomic E-state index is 12.6. The predicted octanol–water partition coefficient (Wildman–Crippen LogP) is 2.45. The van der Waals surface area contributed by atoms with Crippen molar-refractivity contribution in [3.05, 3.63) is 48.3 Å². The van der Waals surface area contributed by atoms with E-state index in [2.05, 4.69) is 63.6 Å². The number of pyridine rings is 1. The standard InChI is InChI=1S/C22H32N6O/c1-26(2)12-4-10-23-19-9-11-24-21(17-19)22(29)25-18-5-7-20(8-6-18)28-15-13-27(3)14-16-28/h5-9,11,17H,4,10,12-16H2,1-3H3,(H,23,24)(H,25,29). The third-order valence-corrected chi connectivity index (χ3v) is 5.10. The third kappa shape index (κ3) is 6.44. The molecule has 0 radical (unpaired) electrons. The van der Waals surface area contributed by atoms with Crippen molar-refractivity contribution in [2.75, 3.05) is 75.9 Å². The van der Waals surface area contributed by atoms with E-state index in [-0.39, 0.29) is 5.91 Å². The van der Waals surface area contributed by atoms with E-state index in [4.69, 9.17) is 0 Å². The molecule has 1 aliphatic rings. The minimum absolute atomic E-state index is 0.200. The van der Waals surface area contributed by atoms with Crippen LogP contribution in [-0.2, 0) is 0 Å². The first-order valence-electron chi connectivity index (χ1n) is 10.2. The summed E-state index contributed by atoms with van der Waals surface area (Å²) in [5.41, 5.74) is 3.29. The minimum atomic E-state index is -0.200. The Balaban J connectivity index is 1.54. The number of hydrogen-bond acceptors (Lipinski definition) is 6. The number of amides is 1. The fraction of sp³-hybridized carbons (Fsp3) is 0.455. The Morgan fingerprint density at radius 1 is 1.07 bits per heavy atom. The molecular weight excluding hydrogens is 364 g/mol. The number of carbonyl (C=O) groups is 1. The van der Waals surface area contributed by atoms with Gasteiger partial charge >= 0.3 is 0 Å². The van der Waals surface area contributed by atoms with E-state index < -0.39 is 0 Å². The number of hydrogen-bond donors (Lipinski definition) is 2. The molecule has 156 valence electrons. The molecule has 0 atom stereocenters. The Kier molecular flexibility index (Phi) is 7.43. The Bertz CT molecular complexity index is 784. The number of aromatic nitrogens is 1. The number of anilines is 3. The molecule has 0 saturated carbocycles. The smallest absolute Gasteiger partial charge is 0.274 e. The van der Waals surface area contributed by atoms with Crippen LogP contribution < -0.4 is 15.5 Å². The number of rotatable bonds is 8. The first-order chi connectivity index (χ1) is 14.0. The Morgan fingerprint density at radius 2 is 1.79 bits per heavy atom. The molecule has 1 fully saturated rings. The Hall–Kier alpha value is -2.64. The maximum Gasteiger partial charge on any atom is 0.274 e. The molecule has 7 nitrogen and oxygen atoms in total. The van der Waals surface area contributed by atoms with Gasteiger partial charge in [0.1, 0.15) is 5.69 Å². The second-order valence-corrected chi connectivity index (χ2v) is 7.80. The first kappa shape index (κ1) is 21.1. The molecule has 0 bridgehead atoms. The molecule has 7 heteroatoms. The van der Waals surface area contributed by atoms with Gasteiger partial charge in [-0.05, 0) is 70.5 Å². The number of likely N-dealkylation sites (N-methyl/N-ethyl adjacent to an activating group) is 1. The molecule has 0 aliphatic carbocycles. The van der Waals surface area contributed by atoms with Gasteiger partial charge in [-0.2, -0.15) is 0 Å². The van der Waals surface area contributed by atoms with Crippen molar-refractivity contribution in [1.29, 1.82) is 0 Å². The van der Waals surface area contributed by atoms with Crippen molar-refractivity contribution >= 4 is 23.0 Å². The molecule has 1 aromatic carbocycles. The molecule has 2 N–H and O–H groups in total. The van der Waals surface area contributed by atoms with Crippen LogP contribution in [0, 0.1) is 0 Å². The van der Waals surface area contributed by atoms with Gasteiger partial charge in [-0.25, -0.2) is 0 Å². The lowest BCUT2D eigenvalue weighted by molar-refractivity contribution is 0.102. The molecule has 1 aromatic heterocycles. The van der Waals surface area contributed by atoms with Gasteiger partial charge in [0.15, 0.2) is 0 Å².